The quantitative estimate of drug-likeness (QED) is 0.669. The van der Waals surface area contributed by atoms with Crippen molar-refractivity contribution in [2.75, 3.05) is 24.5 Å². The lowest BCUT2D eigenvalue weighted by Gasteiger charge is -2.31. The highest BCUT2D eigenvalue weighted by molar-refractivity contribution is 6.30. The van der Waals surface area contributed by atoms with E-state index in [1.807, 2.05) is 36.4 Å². The van der Waals surface area contributed by atoms with Crippen molar-refractivity contribution in [3.8, 4) is 5.82 Å². The molecule has 1 fully saturated rings. The van der Waals surface area contributed by atoms with Crippen LogP contribution in [0.5, 0.6) is 0 Å². The standard InChI is InChI=1S/C20H22ClN7O/c21-17-3-1-15(2-4-17)7-10-23-20(29)16-8-11-27(12-9-16)18-5-6-19(26-25-18)28-14-22-13-24-28/h1-6,13-14,16H,7-12H2,(H,23,29). The molecule has 1 aliphatic heterocycles. The van der Waals surface area contributed by atoms with E-state index >= 15 is 0 Å². The number of piperidine rings is 1. The summed E-state index contributed by atoms with van der Waals surface area (Å²) in [5.41, 5.74) is 1.16. The summed E-state index contributed by atoms with van der Waals surface area (Å²) in [5, 5.41) is 16.3. The number of hydrogen-bond donors (Lipinski definition) is 1. The number of carbonyl (C=O) groups is 1. The van der Waals surface area contributed by atoms with E-state index in [0.717, 1.165) is 48.8 Å². The normalized spacial score (nSPS) is 14.7. The lowest BCUT2D eigenvalue weighted by atomic mass is 9.96. The Labute approximate surface area is 173 Å². The van der Waals surface area contributed by atoms with Gasteiger partial charge < -0.3 is 10.2 Å². The molecule has 3 heterocycles. The monoisotopic (exact) mass is 411 g/mol. The molecule has 150 valence electrons. The van der Waals surface area contributed by atoms with Crippen LogP contribution in [-0.4, -0.2) is 50.5 Å². The van der Waals surface area contributed by atoms with Crippen LogP contribution in [-0.2, 0) is 11.2 Å². The molecule has 0 radical (unpaired) electrons. The van der Waals surface area contributed by atoms with Crippen molar-refractivity contribution in [1.82, 2.24) is 30.3 Å². The second-order valence-corrected chi connectivity index (χ2v) is 7.46. The van der Waals surface area contributed by atoms with E-state index in [-0.39, 0.29) is 11.8 Å². The van der Waals surface area contributed by atoms with Crippen LogP contribution in [0, 0.1) is 5.92 Å². The van der Waals surface area contributed by atoms with Gasteiger partial charge in [0.15, 0.2) is 11.6 Å². The predicted octanol–water partition coefficient (Wildman–Crippen LogP) is 2.29. The Morgan fingerprint density at radius 2 is 1.79 bits per heavy atom. The van der Waals surface area contributed by atoms with Gasteiger partial charge in [0.1, 0.15) is 12.7 Å². The second-order valence-electron chi connectivity index (χ2n) is 7.02. The Hall–Kier alpha value is -3.00. The Kier molecular flexibility index (Phi) is 6.00. The Bertz CT molecular complexity index is 920. The zero-order valence-corrected chi connectivity index (χ0v) is 16.7. The van der Waals surface area contributed by atoms with Gasteiger partial charge in [-0.25, -0.2) is 9.67 Å². The number of amides is 1. The number of nitrogens with one attached hydrogen (secondary N) is 1. The van der Waals surface area contributed by atoms with Crippen molar-refractivity contribution in [3.05, 3.63) is 59.6 Å². The van der Waals surface area contributed by atoms with E-state index in [9.17, 15) is 4.79 Å². The number of rotatable bonds is 6. The van der Waals surface area contributed by atoms with Gasteiger partial charge in [-0.2, -0.15) is 5.10 Å². The Balaban J connectivity index is 1.23. The van der Waals surface area contributed by atoms with Gasteiger partial charge in [0.2, 0.25) is 5.91 Å². The smallest absolute Gasteiger partial charge is 0.223 e. The largest absolute Gasteiger partial charge is 0.356 e. The van der Waals surface area contributed by atoms with Gasteiger partial charge in [-0.1, -0.05) is 23.7 Å². The zero-order valence-electron chi connectivity index (χ0n) is 15.9. The molecule has 1 aromatic carbocycles. The van der Waals surface area contributed by atoms with Gasteiger partial charge in [-0.05, 0) is 49.1 Å². The predicted molar refractivity (Wildman–Crippen MR) is 110 cm³/mol. The van der Waals surface area contributed by atoms with Crippen LogP contribution in [0.1, 0.15) is 18.4 Å². The first-order chi connectivity index (χ1) is 14.2. The summed E-state index contributed by atoms with van der Waals surface area (Å²) in [6.07, 6.45) is 5.45. The van der Waals surface area contributed by atoms with Crippen LogP contribution in [0.25, 0.3) is 5.82 Å². The number of nitrogens with zero attached hydrogens (tertiary/aromatic N) is 6. The van der Waals surface area contributed by atoms with Crippen LogP contribution in [0.2, 0.25) is 5.02 Å². The molecular formula is C20H22ClN7O. The first-order valence-electron chi connectivity index (χ1n) is 9.65. The third-order valence-corrected chi connectivity index (χ3v) is 5.36. The van der Waals surface area contributed by atoms with E-state index < -0.39 is 0 Å². The highest BCUT2D eigenvalue weighted by atomic mass is 35.5. The van der Waals surface area contributed by atoms with E-state index in [1.54, 1.807) is 11.0 Å². The Morgan fingerprint density at radius 1 is 1.07 bits per heavy atom. The highest BCUT2D eigenvalue weighted by Gasteiger charge is 2.25. The maximum Gasteiger partial charge on any atom is 0.223 e. The van der Waals surface area contributed by atoms with Crippen molar-refractivity contribution in [1.29, 1.82) is 0 Å². The molecule has 29 heavy (non-hydrogen) atoms. The summed E-state index contributed by atoms with van der Waals surface area (Å²) in [5.74, 6) is 1.61. The number of hydrogen-bond acceptors (Lipinski definition) is 6. The second kappa shape index (κ2) is 9.00. The average Bonchev–Trinajstić information content (AvgIpc) is 3.30. The Morgan fingerprint density at radius 3 is 2.45 bits per heavy atom. The third-order valence-electron chi connectivity index (χ3n) is 5.11. The molecule has 1 N–H and O–H groups in total. The number of benzene rings is 1. The molecule has 0 spiro atoms. The molecule has 0 aliphatic carbocycles. The summed E-state index contributed by atoms with van der Waals surface area (Å²) < 4.78 is 1.57. The molecule has 2 aromatic heterocycles. The van der Waals surface area contributed by atoms with Crippen molar-refractivity contribution in [2.45, 2.75) is 19.3 Å². The summed E-state index contributed by atoms with van der Waals surface area (Å²) in [7, 11) is 0. The van der Waals surface area contributed by atoms with Crippen LogP contribution >= 0.6 is 11.6 Å². The number of carbonyl (C=O) groups excluding carboxylic acids is 1. The van der Waals surface area contributed by atoms with Gasteiger partial charge in [0.25, 0.3) is 0 Å². The maximum absolute atomic E-state index is 12.5. The van der Waals surface area contributed by atoms with Gasteiger partial charge in [-0.3, -0.25) is 4.79 Å². The molecule has 0 saturated carbocycles. The maximum atomic E-state index is 12.5. The lowest BCUT2D eigenvalue weighted by molar-refractivity contribution is -0.125. The highest BCUT2D eigenvalue weighted by Crippen LogP contribution is 2.22. The van der Waals surface area contributed by atoms with Crippen molar-refractivity contribution >= 4 is 23.3 Å². The SMILES string of the molecule is O=C(NCCc1ccc(Cl)cc1)C1CCN(c2ccc(-n3cncn3)nn2)CC1. The van der Waals surface area contributed by atoms with E-state index in [1.165, 1.54) is 6.33 Å². The number of anilines is 1. The minimum atomic E-state index is 0.0406. The van der Waals surface area contributed by atoms with Crippen LogP contribution in [0.15, 0.2) is 49.1 Å². The lowest BCUT2D eigenvalue weighted by Crippen LogP contribution is -2.41. The topological polar surface area (TPSA) is 88.8 Å². The minimum absolute atomic E-state index is 0.0406. The van der Waals surface area contributed by atoms with Gasteiger partial charge >= 0.3 is 0 Å². The van der Waals surface area contributed by atoms with Crippen molar-refractivity contribution < 1.29 is 4.79 Å². The van der Waals surface area contributed by atoms with E-state index in [0.29, 0.717) is 12.4 Å². The van der Waals surface area contributed by atoms with Gasteiger partial charge in [-0.15, -0.1) is 10.2 Å². The minimum Gasteiger partial charge on any atom is -0.356 e. The third kappa shape index (κ3) is 4.89. The number of halogens is 1. The molecular weight excluding hydrogens is 390 g/mol. The van der Waals surface area contributed by atoms with Crippen LogP contribution < -0.4 is 10.2 Å². The molecule has 3 aromatic rings. The van der Waals surface area contributed by atoms with Crippen LogP contribution in [0.4, 0.5) is 5.82 Å². The number of aromatic nitrogens is 5. The zero-order chi connectivity index (χ0) is 20.1. The summed E-state index contributed by atoms with van der Waals surface area (Å²) in [6.45, 7) is 2.20. The molecule has 0 bridgehead atoms. The fraction of sp³-hybridized carbons (Fsp3) is 0.350. The van der Waals surface area contributed by atoms with E-state index in [4.69, 9.17) is 11.6 Å². The fourth-order valence-electron chi connectivity index (χ4n) is 3.43. The summed E-state index contributed by atoms with van der Waals surface area (Å²) in [4.78, 5) is 18.5. The molecule has 0 unspecified atom stereocenters. The summed E-state index contributed by atoms with van der Waals surface area (Å²) in [6, 6.07) is 11.5. The molecule has 1 aliphatic rings. The van der Waals surface area contributed by atoms with Crippen LogP contribution in [0.3, 0.4) is 0 Å². The molecule has 1 saturated heterocycles. The molecule has 4 rings (SSSR count). The first-order valence-corrected chi connectivity index (χ1v) is 10.0. The summed E-state index contributed by atoms with van der Waals surface area (Å²) >= 11 is 5.90. The van der Waals surface area contributed by atoms with Gasteiger partial charge in [0, 0.05) is 30.6 Å². The van der Waals surface area contributed by atoms with Crippen molar-refractivity contribution in [2.24, 2.45) is 5.92 Å². The fourth-order valence-corrected chi connectivity index (χ4v) is 3.56. The molecule has 1 amide bonds. The average molecular weight is 412 g/mol. The molecule has 0 atom stereocenters. The van der Waals surface area contributed by atoms with Gasteiger partial charge in [0.05, 0.1) is 0 Å². The van der Waals surface area contributed by atoms with Crippen molar-refractivity contribution in [3.63, 3.8) is 0 Å². The van der Waals surface area contributed by atoms with E-state index in [2.05, 4.69) is 30.5 Å². The molecule has 9 heteroatoms. The molecule has 8 nitrogen and oxygen atoms in total. The first kappa shape index (κ1) is 19.3.